The van der Waals surface area contributed by atoms with Crippen LogP contribution >= 0.6 is 0 Å². The van der Waals surface area contributed by atoms with Gasteiger partial charge in [0.25, 0.3) is 0 Å². The summed E-state index contributed by atoms with van der Waals surface area (Å²) in [7, 11) is 0. The predicted octanol–water partition coefficient (Wildman–Crippen LogP) is 33.1. The number of benzene rings is 20. The Hall–Kier alpha value is -18.4. The average Bonchev–Trinajstić information content (AvgIpc) is 1.56. The summed E-state index contributed by atoms with van der Waals surface area (Å²) in [6.07, 6.45) is 0. The number of rotatable bonds is 16. The van der Waals surface area contributed by atoms with Crippen molar-refractivity contribution in [3.63, 3.8) is 0 Å². The molecule has 136 heavy (non-hydrogen) atoms. The molecule has 10 nitrogen and oxygen atoms in total. The van der Waals surface area contributed by atoms with Gasteiger partial charge in [0, 0.05) is 93.4 Å². The van der Waals surface area contributed by atoms with Gasteiger partial charge in [-0.05, 0) is 168 Å². The first-order valence-corrected chi connectivity index (χ1v) is 45.9. The molecular formula is C126H80N8O2. The number of aromatic nitrogens is 8. The molecule has 0 saturated carbocycles. The smallest absolute Gasteiger partial charge is 0.164 e. The molecule has 26 rings (SSSR count). The van der Waals surface area contributed by atoms with E-state index in [1.165, 1.54) is 10.8 Å². The second-order valence-electron chi connectivity index (χ2n) is 34.2. The fraction of sp³-hybridized carbons (Fsp3) is 0. The molecule has 0 fully saturated rings. The van der Waals surface area contributed by atoms with Crippen LogP contribution in [0.1, 0.15) is 0 Å². The van der Waals surface area contributed by atoms with E-state index in [0.29, 0.717) is 34.9 Å². The zero-order valence-electron chi connectivity index (χ0n) is 73.6. The lowest BCUT2D eigenvalue weighted by atomic mass is 9.85. The Morgan fingerprint density at radius 1 is 0.147 bits per heavy atom. The summed E-state index contributed by atoms with van der Waals surface area (Å²) in [5.41, 5.74) is 32.8. The van der Waals surface area contributed by atoms with Crippen molar-refractivity contribution in [1.82, 2.24) is 39.0 Å². The molecule has 6 heterocycles. The van der Waals surface area contributed by atoms with E-state index in [1.54, 1.807) is 0 Å². The van der Waals surface area contributed by atoms with Gasteiger partial charge in [-0.1, -0.05) is 400 Å². The third-order valence-corrected chi connectivity index (χ3v) is 26.2. The zero-order chi connectivity index (χ0) is 89.9. The molecule has 0 N–H and O–H groups in total. The van der Waals surface area contributed by atoms with E-state index in [0.717, 1.165) is 210 Å². The summed E-state index contributed by atoms with van der Waals surface area (Å²) in [4.78, 5) is 31.5. The first-order valence-electron chi connectivity index (χ1n) is 45.9. The highest BCUT2D eigenvalue weighted by molar-refractivity contribution is 6.20. The van der Waals surface area contributed by atoms with E-state index < -0.39 is 0 Å². The molecule has 20 aromatic carbocycles. The lowest BCUT2D eigenvalue weighted by molar-refractivity contribution is 0.669. The van der Waals surface area contributed by atoms with E-state index in [1.807, 2.05) is 72.8 Å². The van der Waals surface area contributed by atoms with E-state index in [-0.39, 0.29) is 0 Å². The van der Waals surface area contributed by atoms with Crippen molar-refractivity contribution in [3.05, 3.63) is 485 Å². The first-order chi connectivity index (χ1) is 67.4. The van der Waals surface area contributed by atoms with Crippen LogP contribution in [0.5, 0.6) is 0 Å². The van der Waals surface area contributed by atoms with Crippen LogP contribution in [0.3, 0.4) is 0 Å². The summed E-state index contributed by atoms with van der Waals surface area (Å²) in [5.74, 6) is 3.55. The highest BCUT2D eigenvalue weighted by atomic mass is 16.3. The van der Waals surface area contributed by atoms with Gasteiger partial charge in [0.05, 0.1) is 22.1 Å². The normalized spacial score (nSPS) is 11.5. The van der Waals surface area contributed by atoms with Crippen LogP contribution in [0, 0.1) is 0 Å². The van der Waals surface area contributed by atoms with Crippen molar-refractivity contribution in [2.24, 2.45) is 0 Å². The van der Waals surface area contributed by atoms with Gasteiger partial charge < -0.3 is 18.0 Å². The molecule has 0 atom stereocenters. The minimum Gasteiger partial charge on any atom is -0.456 e. The standard InChI is InChI=1S/2C63H40N4O/c1-6-20-41(21-7-1)47-31-18-32-48(42-22-8-2-9-23-42)59(47)45-36-37-49(55(38-45)63-65-61(43-24-10-3-11-25-43)64-62(66-63)44-26-12-4-13-27-44)51-33-19-34-52-54-39-57-53(40-58(54)68-60(51)52)50-30-16-17-35-56(50)67(57)46-28-14-5-15-29-46;1-6-19-41(20-7-1)49-30-18-31-50(42-21-8-2-9-22-42)60(49)46-34-35-48(55(37-46)63-65-61(43-23-10-3-11-24-43)64-62(66-63)44-25-12-4-13-26-44)45-33-36-52-54-39-57-53(40-59(54)68-58(52)38-45)51-29-16-17-32-56(51)67(57)47-27-14-5-15-28-47/h2*1-40H. The monoisotopic (exact) mass is 1740 g/mol. The van der Waals surface area contributed by atoms with Gasteiger partial charge >= 0.3 is 0 Å². The SMILES string of the molecule is c1ccc(-c2nc(-c3ccccc3)nc(-c3cc(-c4c(-c5ccccc5)cccc4-c4ccccc4)ccc3-c3ccc4c(c3)oc3cc5c6ccccc6n(-c6ccccc6)c5cc34)n2)cc1.c1ccc(-c2nc(-c3ccccc3)nc(-c3cc(-c4c(-c5ccccc5)cccc4-c4ccccc4)ccc3-c3cccc4c3oc3cc5c6ccccc6n(-c6ccccc6)c5cc34)n2)cc1. The Labute approximate surface area is 784 Å². The fourth-order valence-corrected chi connectivity index (χ4v) is 19.9. The van der Waals surface area contributed by atoms with Gasteiger partial charge in [-0.15, -0.1) is 0 Å². The highest BCUT2D eigenvalue weighted by Gasteiger charge is 2.28. The highest BCUT2D eigenvalue weighted by Crippen LogP contribution is 2.50. The van der Waals surface area contributed by atoms with E-state index in [9.17, 15) is 0 Å². The largest absolute Gasteiger partial charge is 0.456 e. The zero-order valence-corrected chi connectivity index (χ0v) is 73.6. The molecule has 0 aliphatic carbocycles. The first kappa shape index (κ1) is 79.8. The number of fused-ring (bicyclic) bond motifs is 12. The summed E-state index contributed by atoms with van der Waals surface area (Å²) in [5, 5.41) is 8.86. The van der Waals surface area contributed by atoms with Crippen molar-refractivity contribution in [2.45, 2.75) is 0 Å². The number of hydrogen-bond acceptors (Lipinski definition) is 8. The number of furan rings is 2. The fourth-order valence-electron chi connectivity index (χ4n) is 19.9. The van der Waals surface area contributed by atoms with Gasteiger partial charge in [-0.3, -0.25) is 0 Å². The molecule has 0 aliphatic rings. The van der Waals surface area contributed by atoms with Crippen LogP contribution in [0.15, 0.2) is 494 Å². The number of para-hydroxylation sites is 5. The van der Waals surface area contributed by atoms with Crippen LogP contribution in [-0.4, -0.2) is 39.0 Å². The molecular weight excluding hydrogens is 1660 g/mol. The molecule has 0 aliphatic heterocycles. The van der Waals surface area contributed by atoms with E-state index >= 15 is 0 Å². The third kappa shape index (κ3) is 14.4. The van der Waals surface area contributed by atoms with Gasteiger partial charge in [0.2, 0.25) is 0 Å². The van der Waals surface area contributed by atoms with Crippen LogP contribution in [0.4, 0.5) is 0 Å². The van der Waals surface area contributed by atoms with Crippen molar-refractivity contribution in [2.75, 3.05) is 0 Å². The van der Waals surface area contributed by atoms with Crippen LogP contribution in [-0.2, 0) is 0 Å². The van der Waals surface area contributed by atoms with Crippen molar-refractivity contribution < 1.29 is 8.83 Å². The van der Waals surface area contributed by atoms with Crippen LogP contribution in [0.25, 0.3) is 256 Å². The number of hydrogen-bond donors (Lipinski definition) is 0. The van der Waals surface area contributed by atoms with E-state index in [2.05, 4.69) is 422 Å². The molecule has 0 bridgehead atoms. The second kappa shape index (κ2) is 34.2. The van der Waals surface area contributed by atoms with E-state index in [4.69, 9.17) is 38.7 Å². The summed E-state index contributed by atoms with van der Waals surface area (Å²) >= 11 is 0. The van der Waals surface area contributed by atoms with Gasteiger partial charge in [-0.2, -0.15) is 0 Å². The van der Waals surface area contributed by atoms with Crippen molar-refractivity contribution in [3.8, 4) is 169 Å². The molecule has 0 spiro atoms. The Balaban J connectivity index is 0.000000145. The topological polar surface area (TPSA) is 113 Å². The Morgan fingerprint density at radius 2 is 0.449 bits per heavy atom. The molecule has 0 amide bonds. The molecule has 10 heteroatoms. The molecule has 0 unspecified atom stereocenters. The van der Waals surface area contributed by atoms with Crippen molar-refractivity contribution >= 4 is 87.5 Å². The minimum absolute atomic E-state index is 0.565. The number of nitrogens with zero attached hydrogens (tertiary/aromatic N) is 8. The summed E-state index contributed by atoms with van der Waals surface area (Å²) in [6, 6.07) is 170. The quantitative estimate of drug-likeness (QED) is 0.0940. The molecule has 0 radical (unpaired) electrons. The molecule has 26 aromatic rings. The van der Waals surface area contributed by atoms with Gasteiger partial charge in [0.1, 0.15) is 22.3 Å². The Kier molecular flexibility index (Phi) is 20.0. The maximum Gasteiger partial charge on any atom is 0.164 e. The average molecular weight is 1740 g/mol. The second-order valence-corrected chi connectivity index (χ2v) is 34.2. The maximum atomic E-state index is 7.09. The predicted molar refractivity (Wildman–Crippen MR) is 559 cm³/mol. The summed E-state index contributed by atoms with van der Waals surface area (Å²) in [6.45, 7) is 0. The van der Waals surface area contributed by atoms with Crippen LogP contribution in [0.2, 0.25) is 0 Å². The molecule has 0 saturated heterocycles. The maximum absolute atomic E-state index is 7.09. The third-order valence-electron chi connectivity index (χ3n) is 26.2. The molecule has 636 valence electrons. The van der Waals surface area contributed by atoms with Crippen LogP contribution < -0.4 is 0 Å². The lowest BCUT2D eigenvalue weighted by Gasteiger charge is -2.19. The van der Waals surface area contributed by atoms with Gasteiger partial charge in [0.15, 0.2) is 34.9 Å². The Morgan fingerprint density at radius 3 is 0.853 bits per heavy atom. The lowest BCUT2D eigenvalue weighted by Crippen LogP contribution is -2.01. The molecule has 6 aromatic heterocycles. The minimum atomic E-state index is 0.565. The summed E-state index contributed by atoms with van der Waals surface area (Å²) < 4.78 is 18.7. The Bertz CT molecular complexity index is 8810. The van der Waals surface area contributed by atoms with Gasteiger partial charge in [-0.25, -0.2) is 29.9 Å². The van der Waals surface area contributed by atoms with Crippen molar-refractivity contribution in [1.29, 1.82) is 0 Å².